The largest absolute Gasteiger partial charge is 0.507 e. The third kappa shape index (κ3) is 3.83. The fourth-order valence-electron chi connectivity index (χ4n) is 6.80. The molecule has 3 fully saturated rings. The van der Waals surface area contributed by atoms with E-state index in [1.165, 1.54) is 30.9 Å². The zero-order valence-corrected chi connectivity index (χ0v) is 21.8. The number of ketones is 4. The van der Waals surface area contributed by atoms with Crippen LogP contribution in [0.15, 0.2) is 6.07 Å². The van der Waals surface area contributed by atoms with E-state index in [0.29, 0.717) is 0 Å². The zero-order valence-electron chi connectivity index (χ0n) is 21.8. The quantitative estimate of drug-likeness (QED) is 0.409. The Labute approximate surface area is 223 Å². The van der Waals surface area contributed by atoms with Gasteiger partial charge in [-0.3, -0.25) is 33.7 Å². The average Bonchev–Trinajstić information content (AvgIpc) is 3.69. The maximum absolute atomic E-state index is 15.8. The van der Waals surface area contributed by atoms with Crippen molar-refractivity contribution in [3.63, 3.8) is 0 Å². The normalized spacial score (nSPS) is 32.0. The summed E-state index contributed by atoms with van der Waals surface area (Å²) < 4.78 is 15.8. The van der Waals surface area contributed by atoms with Crippen LogP contribution in [0, 0.1) is 35.4 Å². The van der Waals surface area contributed by atoms with Gasteiger partial charge in [0, 0.05) is 36.6 Å². The molecule has 0 aliphatic heterocycles. The lowest BCUT2D eigenvalue weighted by atomic mass is 9.52. The molecule has 2 unspecified atom stereocenters. The van der Waals surface area contributed by atoms with Gasteiger partial charge in [0.2, 0.25) is 11.8 Å². The molecule has 0 spiro atoms. The third-order valence-corrected chi connectivity index (χ3v) is 8.78. The number of nitrogens with two attached hydrogens (primary N) is 1. The number of carbonyl (C=O) groups is 6. The van der Waals surface area contributed by atoms with E-state index in [1.54, 1.807) is 0 Å². The Morgan fingerprint density at radius 2 is 1.77 bits per heavy atom. The number of halogens is 1. The number of nitrogens with zero attached hydrogens (tertiary/aromatic N) is 2. The Hall–Kier alpha value is -3.51. The molecule has 2 amide bonds. The fraction of sp³-hybridized carbons (Fsp3) is 0.556. The number of phenols is 1. The standard InChI is InChI=1S/C27H30FN3O8/c1-30(2)20-14-7-11-6-13-17(15(32)8-12(19(13)28)9-31(3)26(38)10-4-5-10)21(33)16(11)23(35)27(14,39)24(36)18(22(20)34)25(29)37/h8,10-11,14,16,18,20,32,39H,4-7,9H2,1-3H3,(H2,29,37)/t11-,14-,16?,18?,20-,27-/m0/s1. The second-order valence-electron chi connectivity index (χ2n) is 11.5. The van der Waals surface area contributed by atoms with Crippen molar-refractivity contribution in [3.05, 3.63) is 28.6 Å². The number of benzene rings is 1. The second kappa shape index (κ2) is 9.02. The minimum absolute atomic E-state index is 0.00568. The minimum Gasteiger partial charge on any atom is -0.507 e. The zero-order chi connectivity index (χ0) is 28.7. The van der Waals surface area contributed by atoms with Gasteiger partial charge in [-0.05, 0) is 51.8 Å². The van der Waals surface area contributed by atoms with Gasteiger partial charge in [0.05, 0.1) is 17.5 Å². The summed E-state index contributed by atoms with van der Waals surface area (Å²) in [4.78, 5) is 80.8. The number of fused-ring (bicyclic) bond motifs is 3. The monoisotopic (exact) mass is 543 g/mol. The van der Waals surface area contributed by atoms with E-state index in [1.807, 2.05) is 0 Å². The molecule has 0 radical (unpaired) electrons. The smallest absolute Gasteiger partial charge is 0.235 e. The molecule has 0 aromatic heterocycles. The number of phenolic OH excluding ortho intramolecular Hbond substituents is 1. The molecule has 0 heterocycles. The van der Waals surface area contributed by atoms with E-state index in [9.17, 15) is 39.0 Å². The lowest BCUT2D eigenvalue weighted by Gasteiger charge is -2.52. The topological polar surface area (TPSA) is 175 Å². The Bertz CT molecular complexity index is 1350. The molecule has 4 aliphatic rings. The third-order valence-electron chi connectivity index (χ3n) is 8.78. The van der Waals surface area contributed by atoms with Crippen LogP contribution in [0.3, 0.4) is 0 Å². The van der Waals surface area contributed by atoms with E-state index in [0.717, 1.165) is 18.9 Å². The first-order chi connectivity index (χ1) is 18.2. The summed E-state index contributed by atoms with van der Waals surface area (Å²) in [7, 11) is 4.49. The van der Waals surface area contributed by atoms with E-state index < -0.39 is 81.5 Å². The van der Waals surface area contributed by atoms with Gasteiger partial charge in [0.1, 0.15) is 11.6 Å². The molecular weight excluding hydrogens is 513 g/mol. The molecular formula is C27H30FN3O8. The van der Waals surface area contributed by atoms with Crippen molar-refractivity contribution >= 4 is 34.9 Å². The van der Waals surface area contributed by atoms with Crippen LogP contribution in [-0.2, 0) is 36.9 Å². The molecule has 5 rings (SSSR count). The summed E-state index contributed by atoms with van der Waals surface area (Å²) >= 11 is 0. The Kier molecular flexibility index (Phi) is 6.26. The van der Waals surface area contributed by atoms with Gasteiger partial charge < -0.3 is 20.8 Å². The maximum Gasteiger partial charge on any atom is 0.235 e. The molecule has 4 aliphatic carbocycles. The molecule has 11 nitrogen and oxygen atoms in total. The van der Waals surface area contributed by atoms with Crippen LogP contribution in [-0.4, -0.2) is 87.7 Å². The van der Waals surface area contributed by atoms with Gasteiger partial charge in [0.15, 0.2) is 34.7 Å². The lowest BCUT2D eigenvalue weighted by Crippen LogP contribution is -2.74. The van der Waals surface area contributed by atoms with Gasteiger partial charge in [-0.1, -0.05) is 0 Å². The molecule has 6 atom stereocenters. The molecule has 0 saturated heterocycles. The van der Waals surface area contributed by atoms with Gasteiger partial charge in [-0.2, -0.15) is 0 Å². The Balaban J connectivity index is 1.56. The van der Waals surface area contributed by atoms with Crippen LogP contribution >= 0.6 is 0 Å². The van der Waals surface area contributed by atoms with Gasteiger partial charge >= 0.3 is 0 Å². The lowest BCUT2D eigenvalue weighted by molar-refractivity contribution is -0.181. The first-order valence-electron chi connectivity index (χ1n) is 12.8. The molecule has 4 N–H and O–H groups in total. The van der Waals surface area contributed by atoms with Gasteiger partial charge in [-0.15, -0.1) is 0 Å². The van der Waals surface area contributed by atoms with Crippen molar-refractivity contribution < 1.29 is 43.4 Å². The number of likely N-dealkylation sites (N-methyl/N-ethyl adjacent to an activating group) is 1. The minimum atomic E-state index is -2.84. The molecule has 0 bridgehead atoms. The SMILES string of the molecule is CN(Cc1cc(O)c2c(c1F)C[C@H]1C[C@H]3[C@H](N(C)C)C(=O)C(C(N)=O)C(=O)[C@@]3(O)C(=O)C1C2=O)C(=O)C1CC1. The van der Waals surface area contributed by atoms with Crippen LogP contribution in [0.1, 0.15) is 40.7 Å². The molecule has 1 aromatic rings. The summed E-state index contributed by atoms with van der Waals surface area (Å²) in [6.45, 7) is -0.133. The van der Waals surface area contributed by atoms with Crippen molar-refractivity contribution in [2.24, 2.45) is 35.3 Å². The van der Waals surface area contributed by atoms with Crippen LogP contribution in [0.25, 0.3) is 0 Å². The van der Waals surface area contributed by atoms with Crippen molar-refractivity contribution in [3.8, 4) is 5.75 Å². The van der Waals surface area contributed by atoms with Gasteiger partial charge in [0.25, 0.3) is 0 Å². The van der Waals surface area contributed by atoms with E-state index >= 15 is 4.39 Å². The first-order valence-corrected chi connectivity index (χ1v) is 12.8. The number of primary amides is 1. The number of rotatable bonds is 5. The maximum atomic E-state index is 15.8. The number of carbonyl (C=O) groups excluding carboxylic acids is 6. The predicted molar refractivity (Wildman–Crippen MR) is 131 cm³/mol. The molecule has 12 heteroatoms. The Morgan fingerprint density at radius 3 is 2.33 bits per heavy atom. The number of amides is 2. The van der Waals surface area contributed by atoms with Crippen LogP contribution in [0.4, 0.5) is 4.39 Å². The van der Waals surface area contributed by atoms with Crippen molar-refractivity contribution in [2.45, 2.75) is 43.9 Å². The summed E-state index contributed by atoms with van der Waals surface area (Å²) in [6, 6.07) is -0.193. The number of hydrogen-bond acceptors (Lipinski definition) is 9. The first kappa shape index (κ1) is 27.1. The van der Waals surface area contributed by atoms with E-state index in [-0.39, 0.29) is 42.3 Å². The number of aliphatic hydroxyl groups is 1. The van der Waals surface area contributed by atoms with E-state index in [4.69, 9.17) is 5.73 Å². The van der Waals surface area contributed by atoms with Crippen LogP contribution < -0.4 is 5.73 Å². The highest BCUT2D eigenvalue weighted by molar-refractivity contribution is 6.32. The van der Waals surface area contributed by atoms with Crippen molar-refractivity contribution in [1.29, 1.82) is 0 Å². The fourth-order valence-corrected chi connectivity index (χ4v) is 6.80. The number of hydrogen-bond donors (Lipinski definition) is 3. The van der Waals surface area contributed by atoms with Crippen molar-refractivity contribution in [2.75, 3.05) is 21.1 Å². The van der Waals surface area contributed by atoms with Gasteiger partial charge in [-0.25, -0.2) is 4.39 Å². The summed E-state index contributed by atoms with van der Waals surface area (Å²) in [5.41, 5.74) is 1.93. The summed E-state index contributed by atoms with van der Waals surface area (Å²) in [6.07, 6.45) is 1.17. The summed E-state index contributed by atoms with van der Waals surface area (Å²) in [5, 5.41) is 22.3. The second-order valence-corrected chi connectivity index (χ2v) is 11.5. The molecule has 3 saturated carbocycles. The predicted octanol–water partition coefficient (Wildman–Crippen LogP) is -0.625. The van der Waals surface area contributed by atoms with Crippen LogP contribution in [0.5, 0.6) is 5.75 Å². The number of Topliss-reactive ketones (excluding diaryl/α,β-unsaturated/α-hetero) is 4. The Morgan fingerprint density at radius 1 is 1.13 bits per heavy atom. The molecule has 39 heavy (non-hydrogen) atoms. The molecule has 1 aromatic carbocycles. The average molecular weight is 544 g/mol. The summed E-state index contributed by atoms with van der Waals surface area (Å²) in [5.74, 6) is -13.1. The highest BCUT2D eigenvalue weighted by Crippen LogP contribution is 2.51. The molecule has 208 valence electrons. The van der Waals surface area contributed by atoms with Crippen LogP contribution in [0.2, 0.25) is 0 Å². The highest BCUT2D eigenvalue weighted by atomic mass is 19.1. The van der Waals surface area contributed by atoms with Crippen molar-refractivity contribution in [1.82, 2.24) is 9.80 Å². The highest BCUT2D eigenvalue weighted by Gasteiger charge is 2.69. The number of aromatic hydroxyl groups is 1. The van der Waals surface area contributed by atoms with E-state index in [2.05, 4.69) is 0 Å².